The Balaban J connectivity index is 4.60. The summed E-state index contributed by atoms with van der Waals surface area (Å²) in [5.74, 6) is -0.513. The molecule has 0 rings (SSSR count). The van der Waals surface area contributed by atoms with Gasteiger partial charge in [-0.15, -0.1) is 0 Å². The minimum atomic E-state index is -0.796. The van der Waals surface area contributed by atoms with Gasteiger partial charge in [0.15, 0.2) is 0 Å². The van der Waals surface area contributed by atoms with E-state index in [4.69, 9.17) is 4.74 Å². The maximum Gasteiger partial charge on any atom is 0.306 e. The summed E-state index contributed by atoms with van der Waals surface area (Å²) in [6, 6.07) is -0.711. The lowest BCUT2D eigenvalue weighted by molar-refractivity contribution is -0.151. The number of nitrogens with one attached hydrogen (secondary N) is 1. The Morgan fingerprint density at radius 2 is 1.02 bits per heavy atom. The van der Waals surface area contributed by atoms with Crippen molar-refractivity contribution in [2.45, 2.75) is 251 Å². The van der Waals surface area contributed by atoms with Gasteiger partial charge in [-0.2, -0.15) is 0 Å². The van der Waals surface area contributed by atoms with Crippen molar-refractivity contribution in [3.63, 3.8) is 0 Å². The van der Waals surface area contributed by atoms with E-state index in [1.807, 2.05) is 0 Å². The Hall–Kier alpha value is -2.44. The number of aliphatic hydroxyl groups excluding tert-OH is 2. The number of carbonyl (C=O) groups excluding carboxylic acids is 2. The van der Waals surface area contributed by atoms with Crippen molar-refractivity contribution in [3.05, 3.63) is 60.8 Å². The molecule has 0 aromatic heterocycles. The average molecular weight is 812 g/mol. The monoisotopic (exact) mass is 812 g/mol. The second kappa shape index (κ2) is 45.6. The van der Waals surface area contributed by atoms with Crippen molar-refractivity contribution >= 4 is 11.9 Å². The summed E-state index contributed by atoms with van der Waals surface area (Å²) in [4.78, 5) is 26.1. The van der Waals surface area contributed by atoms with Crippen molar-refractivity contribution in [1.29, 1.82) is 0 Å². The topological polar surface area (TPSA) is 95.9 Å². The Bertz CT molecular complexity index is 1050. The summed E-state index contributed by atoms with van der Waals surface area (Å²) in [6.45, 7) is 6.23. The van der Waals surface area contributed by atoms with Crippen LogP contribution in [0, 0.1) is 0 Å². The van der Waals surface area contributed by atoms with Gasteiger partial charge in [0.2, 0.25) is 5.91 Å². The molecule has 0 saturated carbocycles. The maximum absolute atomic E-state index is 13.2. The van der Waals surface area contributed by atoms with Crippen LogP contribution in [0.2, 0.25) is 0 Å². The highest BCUT2D eigenvalue weighted by Crippen LogP contribution is 2.17. The number of hydrogen-bond donors (Lipinski definition) is 3. The highest BCUT2D eigenvalue weighted by atomic mass is 16.5. The third-order valence-corrected chi connectivity index (χ3v) is 10.9. The van der Waals surface area contributed by atoms with E-state index >= 15 is 0 Å². The molecule has 0 aliphatic carbocycles. The number of amides is 1. The van der Waals surface area contributed by atoms with Crippen molar-refractivity contribution in [2.75, 3.05) is 6.61 Å². The van der Waals surface area contributed by atoms with Crippen LogP contribution in [0.3, 0.4) is 0 Å². The van der Waals surface area contributed by atoms with E-state index in [2.05, 4.69) is 86.8 Å². The molecule has 58 heavy (non-hydrogen) atoms. The van der Waals surface area contributed by atoms with Crippen LogP contribution >= 0.6 is 0 Å². The molecule has 0 bridgehead atoms. The number of unbranched alkanes of at least 4 members (excludes halogenated alkanes) is 23. The molecule has 3 unspecified atom stereocenters. The first kappa shape index (κ1) is 55.6. The fourth-order valence-corrected chi connectivity index (χ4v) is 7.23. The Labute approximate surface area is 358 Å². The van der Waals surface area contributed by atoms with Crippen molar-refractivity contribution in [3.8, 4) is 0 Å². The summed E-state index contributed by atoms with van der Waals surface area (Å²) in [5.41, 5.74) is 0. The fraction of sp³-hybridized carbons (Fsp3) is 0.769. The Kier molecular flexibility index (Phi) is 43.7. The molecule has 336 valence electrons. The van der Waals surface area contributed by atoms with Gasteiger partial charge in [-0.3, -0.25) is 9.59 Å². The second-order valence-electron chi connectivity index (χ2n) is 16.5. The summed E-state index contributed by atoms with van der Waals surface area (Å²) in [5, 5.41) is 23.7. The third-order valence-electron chi connectivity index (χ3n) is 10.9. The van der Waals surface area contributed by atoms with Gasteiger partial charge in [0.05, 0.1) is 25.2 Å². The van der Waals surface area contributed by atoms with Crippen LogP contribution in [0.4, 0.5) is 0 Å². The Morgan fingerprint density at radius 3 is 1.59 bits per heavy atom. The van der Waals surface area contributed by atoms with Crippen molar-refractivity contribution < 1.29 is 24.5 Å². The van der Waals surface area contributed by atoms with Gasteiger partial charge < -0.3 is 20.3 Å². The molecule has 0 aromatic carbocycles. The first-order valence-corrected chi connectivity index (χ1v) is 24.5. The number of rotatable bonds is 43. The molecule has 1 amide bonds. The van der Waals surface area contributed by atoms with Gasteiger partial charge >= 0.3 is 5.97 Å². The molecule has 0 radical (unpaired) electrons. The lowest BCUT2D eigenvalue weighted by Gasteiger charge is -2.24. The molecule has 0 spiro atoms. The van der Waals surface area contributed by atoms with Gasteiger partial charge in [0.1, 0.15) is 6.10 Å². The predicted octanol–water partition coefficient (Wildman–Crippen LogP) is 14.5. The summed E-state index contributed by atoms with van der Waals surface area (Å²) in [7, 11) is 0. The van der Waals surface area contributed by atoms with Gasteiger partial charge in [-0.05, 0) is 70.6 Å². The van der Waals surface area contributed by atoms with Crippen molar-refractivity contribution in [1.82, 2.24) is 5.32 Å². The molecule has 6 heteroatoms. The highest BCUT2D eigenvalue weighted by molar-refractivity contribution is 5.77. The van der Waals surface area contributed by atoms with Crippen LogP contribution in [0.5, 0.6) is 0 Å². The lowest BCUT2D eigenvalue weighted by atomic mass is 10.0. The second-order valence-corrected chi connectivity index (χ2v) is 16.5. The highest BCUT2D eigenvalue weighted by Gasteiger charge is 2.24. The number of aliphatic hydroxyl groups is 2. The molecule has 0 saturated heterocycles. The molecular formula is C52H93NO5. The van der Waals surface area contributed by atoms with Gasteiger partial charge in [0.25, 0.3) is 0 Å². The normalized spacial score (nSPS) is 13.8. The largest absolute Gasteiger partial charge is 0.462 e. The molecule has 3 atom stereocenters. The maximum atomic E-state index is 13.2. The zero-order valence-corrected chi connectivity index (χ0v) is 38.2. The molecule has 3 N–H and O–H groups in total. The molecule has 0 aromatic rings. The van der Waals surface area contributed by atoms with E-state index in [9.17, 15) is 19.8 Å². The summed E-state index contributed by atoms with van der Waals surface area (Å²) in [6.07, 6.45) is 55.6. The standard InChI is InChI=1S/C52H93NO5/c1-4-7-10-13-16-19-22-25-27-29-32-35-38-41-44-50(55)49(47-54)53-51(56)46-48(43-40-37-34-31-28-24-21-18-15-12-9-6-3)58-52(57)45-42-39-36-33-30-26-23-20-17-14-11-8-5-2/h8-9,11-12,14,17-18,20-21,23,48-50,54-55H,4-7,10,13,15-16,19,22,24-47H2,1-3H3,(H,53,56)/b11-8+,12-9+,17-14+,21-18+,23-20-. The van der Waals surface area contributed by atoms with Crippen LogP contribution in [0.1, 0.15) is 233 Å². The van der Waals surface area contributed by atoms with E-state index in [1.54, 1.807) is 0 Å². The molecular weight excluding hydrogens is 719 g/mol. The van der Waals surface area contributed by atoms with Crippen LogP contribution in [-0.2, 0) is 14.3 Å². The van der Waals surface area contributed by atoms with E-state index in [0.717, 1.165) is 103 Å². The minimum Gasteiger partial charge on any atom is -0.462 e. The third kappa shape index (κ3) is 40.3. The molecule has 0 aliphatic rings. The smallest absolute Gasteiger partial charge is 0.306 e. The summed E-state index contributed by atoms with van der Waals surface area (Å²) >= 11 is 0. The number of esters is 1. The average Bonchev–Trinajstić information content (AvgIpc) is 3.22. The van der Waals surface area contributed by atoms with Crippen LogP contribution in [0.15, 0.2) is 60.8 Å². The van der Waals surface area contributed by atoms with Crippen LogP contribution < -0.4 is 5.32 Å². The number of ether oxygens (including phenoxy) is 1. The fourth-order valence-electron chi connectivity index (χ4n) is 7.23. The zero-order valence-electron chi connectivity index (χ0n) is 38.2. The molecule has 6 nitrogen and oxygen atoms in total. The lowest BCUT2D eigenvalue weighted by Crippen LogP contribution is -2.46. The molecule has 0 aliphatic heterocycles. The first-order chi connectivity index (χ1) is 28.5. The SMILES string of the molecule is CC/C=C/C=C/C=C\CCCCCCCC(=O)OC(CCCCCCC/C=C/C/C=C/CC)CC(=O)NC(CO)C(O)CCCCCCCCCCCCCCCC. The van der Waals surface area contributed by atoms with Gasteiger partial charge in [0, 0.05) is 6.42 Å². The van der Waals surface area contributed by atoms with Crippen LogP contribution in [0.25, 0.3) is 0 Å². The van der Waals surface area contributed by atoms with E-state index in [0.29, 0.717) is 19.3 Å². The first-order valence-electron chi connectivity index (χ1n) is 24.5. The van der Waals surface area contributed by atoms with Gasteiger partial charge in [-0.1, -0.05) is 210 Å². The zero-order chi connectivity index (χ0) is 42.4. The Morgan fingerprint density at radius 1 is 0.534 bits per heavy atom. The van der Waals surface area contributed by atoms with Gasteiger partial charge in [-0.25, -0.2) is 0 Å². The molecule has 0 heterocycles. The van der Waals surface area contributed by atoms with Crippen molar-refractivity contribution in [2.24, 2.45) is 0 Å². The van der Waals surface area contributed by atoms with Crippen LogP contribution in [-0.4, -0.2) is 46.9 Å². The number of hydrogen-bond acceptors (Lipinski definition) is 5. The summed E-state index contributed by atoms with van der Waals surface area (Å²) < 4.78 is 5.90. The number of allylic oxidation sites excluding steroid dienone is 10. The number of carbonyl (C=O) groups is 2. The minimum absolute atomic E-state index is 0.0582. The molecule has 0 fully saturated rings. The predicted molar refractivity (Wildman–Crippen MR) is 250 cm³/mol. The van der Waals surface area contributed by atoms with E-state index in [-0.39, 0.29) is 24.9 Å². The van der Waals surface area contributed by atoms with E-state index in [1.165, 1.54) is 83.5 Å². The quantitative estimate of drug-likeness (QED) is 0.0247. The van der Waals surface area contributed by atoms with E-state index < -0.39 is 18.2 Å².